The van der Waals surface area contributed by atoms with Crippen LogP contribution in [0.5, 0.6) is 0 Å². The van der Waals surface area contributed by atoms with Crippen molar-refractivity contribution in [2.75, 3.05) is 5.32 Å². The molecule has 1 amide bonds. The fraction of sp³-hybridized carbons (Fsp3) is 0.176. The van der Waals surface area contributed by atoms with Gasteiger partial charge in [0.05, 0.1) is 5.69 Å². The third kappa shape index (κ3) is 2.53. The van der Waals surface area contributed by atoms with Crippen LogP contribution in [0.1, 0.15) is 12.8 Å². The highest BCUT2D eigenvalue weighted by atomic mass is 16.2. The Bertz CT molecular complexity index is 844. The van der Waals surface area contributed by atoms with E-state index in [1.807, 2.05) is 24.3 Å². The predicted octanol–water partition coefficient (Wildman–Crippen LogP) is 3.04. The zero-order valence-corrected chi connectivity index (χ0v) is 11.9. The van der Waals surface area contributed by atoms with E-state index in [2.05, 4.69) is 20.3 Å². The van der Waals surface area contributed by atoms with E-state index in [0.29, 0.717) is 5.82 Å². The lowest BCUT2D eigenvalue weighted by molar-refractivity contribution is -0.117. The topological polar surface area (TPSA) is 67.8 Å². The van der Waals surface area contributed by atoms with E-state index in [0.717, 1.165) is 34.9 Å². The molecule has 5 heteroatoms. The van der Waals surface area contributed by atoms with Gasteiger partial charge >= 0.3 is 0 Å². The van der Waals surface area contributed by atoms with Gasteiger partial charge in [-0.2, -0.15) is 0 Å². The van der Waals surface area contributed by atoms with Gasteiger partial charge in [0.25, 0.3) is 0 Å². The molecule has 5 nitrogen and oxygen atoms in total. The van der Waals surface area contributed by atoms with Gasteiger partial charge in [-0.1, -0.05) is 0 Å². The van der Waals surface area contributed by atoms with Gasteiger partial charge in [0, 0.05) is 41.7 Å². The number of aromatic nitrogens is 3. The highest BCUT2D eigenvalue weighted by Gasteiger charge is 2.29. The third-order valence-electron chi connectivity index (χ3n) is 3.76. The molecular weight excluding hydrogens is 276 g/mol. The minimum Gasteiger partial charge on any atom is -0.310 e. The molecule has 0 aromatic carbocycles. The van der Waals surface area contributed by atoms with Crippen molar-refractivity contribution in [2.45, 2.75) is 12.8 Å². The van der Waals surface area contributed by atoms with E-state index in [1.54, 1.807) is 24.8 Å². The molecule has 1 fully saturated rings. The number of nitrogens with zero attached hydrogens (tertiary/aromatic N) is 3. The Hall–Kier alpha value is -2.82. The molecule has 1 aliphatic rings. The maximum Gasteiger partial charge on any atom is 0.228 e. The average molecular weight is 290 g/mol. The lowest BCUT2D eigenvalue weighted by Gasteiger charge is -2.06. The minimum atomic E-state index is 0.0633. The third-order valence-corrected chi connectivity index (χ3v) is 3.76. The highest BCUT2D eigenvalue weighted by molar-refractivity contribution is 5.95. The fourth-order valence-corrected chi connectivity index (χ4v) is 2.35. The first-order chi connectivity index (χ1) is 10.8. The van der Waals surface area contributed by atoms with Gasteiger partial charge < -0.3 is 5.32 Å². The van der Waals surface area contributed by atoms with Crippen molar-refractivity contribution in [2.24, 2.45) is 5.92 Å². The number of hydrogen-bond acceptors (Lipinski definition) is 4. The van der Waals surface area contributed by atoms with Crippen LogP contribution < -0.4 is 5.32 Å². The summed E-state index contributed by atoms with van der Waals surface area (Å²) in [7, 11) is 0. The van der Waals surface area contributed by atoms with Crippen LogP contribution in [0, 0.1) is 5.92 Å². The van der Waals surface area contributed by atoms with Crippen molar-refractivity contribution in [3.8, 4) is 11.3 Å². The Morgan fingerprint density at radius 2 is 1.95 bits per heavy atom. The van der Waals surface area contributed by atoms with Gasteiger partial charge in [-0.05, 0) is 42.5 Å². The second-order valence-electron chi connectivity index (χ2n) is 5.49. The smallest absolute Gasteiger partial charge is 0.228 e. The first kappa shape index (κ1) is 12.9. The van der Waals surface area contributed by atoms with Gasteiger partial charge in [0.2, 0.25) is 5.91 Å². The summed E-state index contributed by atoms with van der Waals surface area (Å²) in [6.45, 7) is 0. The SMILES string of the molecule is O=C(Nc1cc2cc(-c3cccnc3)ncc2cn1)C1CC1. The monoisotopic (exact) mass is 290 g/mol. The summed E-state index contributed by atoms with van der Waals surface area (Å²) in [6.07, 6.45) is 9.00. The van der Waals surface area contributed by atoms with Crippen LogP contribution in [0.25, 0.3) is 22.0 Å². The molecule has 0 aliphatic heterocycles. The zero-order valence-electron chi connectivity index (χ0n) is 11.9. The molecule has 3 aromatic rings. The standard InChI is InChI=1S/C17H14N4O/c22-17(11-3-4-11)21-16-7-13-6-15(12-2-1-5-18-8-12)19-9-14(13)10-20-16/h1-2,5-11H,3-4H2,(H,20,21,22). The van der Waals surface area contributed by atoms with Gasteiger partial charge in [0.1, 0.15) is 5.82 Å². The molecule has 1 saturated carbocycles. The first-order valence-corrected chi connectivity index (χ1v) is 7.27. The summed E-state index contributed by atoms with van der Waals surface area (Å²) in [4.78, 5) is 24.7. The van der Waals surface area contributed by atoms with Crippen molar-refractivity contribution in [1.82, 2.24) is 15.0 Å². The lowest BCUT2D eigenvalue weighted by atomic mass is 10.1. The van der Waals surface area contributed by atoms with Crippen LogP contribution in [-0.2, 0) is 4.79 Å². The quantitative estimate of drug-likeness (QED) is 0.805. The number of amides is 1. The summed E-state index contributed by atoms with van der Waals surface area (Å²) in [5.74, 6) is 0.821. The van der Waals surface area contributed by atoms with Crippen LogP contribution in [0.15, 0.2) is 49.1 Å². The van der Waals surface area contributed by atoms with Gasteiger partial charge in [0.15, 0.2) is 0 Å². The van der Waals surface area contributed by atoms with Gasteiger partial charge in [-0.25, -0.2) is 4.98 Å². The molecule has 0 radical (unpaired) electrons. The second-order valence-corrected chi connectivity index (χ2v) is 5.49. The largest absolute Gasteiger partial charge is 0.310 e. The Balaban J connectivity index is 1.69. The molecule has 0 spiro atoms. The lowest BCUT2D eigenvalue weighted by Crippen LogP contribution is -2.14. The molecule has 3 aromatic heterocycles. The van der Waals surface area contributed by atoms with Crippen molar-refractivity contribution < 1.29 is 4.79 Å². The van der Waals surface area contributed by atoms with Crippen molar-refractivity contribution in [3.05, 3.63) is 49.1 Å². The predicted molar refractivity (Wildman–Crippen MR) is 84.1 cm³/mol. The number of carbonyl (C=O) groups is 1. The number of fused-ring (bicyclic) bond motifs is 1. The number of pyridine rings is 3. The molecule has 1 N–H and O–H groups in total. The molecule has 3 heterocycles. The molecule has 4 rings (SSSR count). The van der Waals surface area contributed by atoms with E-state index in [4.69, 9.17) is 0 Å². The minimum absolute atomic E-state index is 0.0633. The maximum atomic E-state index is 11.8. The van der Waals surface area contributed by atoms with E-state index in [9.17, 15) is 4.79 Å². The molecule has 108 valence electrons. The van der Waals surface area contributed by atoms with Crippen LogP contribution >= 0.6 is 0 Å². The number of hydrogen-bond donors (Lipinski definition) is 1. The zero-order chi connectivity index (χ0) is 14.9. The average Bonchev–Trinajstić information content (AvgIpc) is 3.40. The molecular formula is C17H14N4O. The highest BCUT2D eigenvalue weighted by Crippen LogP contribution is 2.30. The number of nitrogens with one attached hydrogen (secondary N) is 1. The maximum absolute atomic E-state index is 11.8. The van der Waals surface area contributed by atoms with Crippen molar-refractivity contribution in [1.29, 1.82) is 0 Å². The molecule has 1 aliphatic carbocycles. The van der Waals surface area contributed by atoms with Gasteiger partial charge in [-0.15, -0.1) is 0 Å². The molecule has 0 bridgehead atoms. The van der Waals surface area contributed by atoms with Crippen molar-refractivity contribution >= 4 is 22.5 Å². The van der Waals surface area contributed by atoms with Crippen molar-refractivity contribution in [3.63, 3.8) is 0 Å². The van der Waals surface area contributed by atoms with Gasteiger partial charge in [-0.3, -0.25) is 14.8 Å². The molecule has 0 atom stereocenters. The van der Waals surface area contributed by atoms with E-state index >= 15 is 0 Å². The van der Waals surface area contributed by atoms with Crippen LogP contribution in [0.3, 0.4) is 0 Å². The molecule has 0 unspecified atom stereocenters. The van der Waals surface area contributed by atoms with E-state index in [1.165, 1.54) is 0 Å². The summed E-state index contributed by atoms with van der Waals surface area (Å²) in [5.41, 5.74) is 1.82. The molecule has 22 heavy (non-hydrogen) atoms. The van der Waals surface area contributed by atoms with Crippen LogP contribution in [0.4, 0.5) is 5.82 Å². The summed E-state index contributed by atoms with van der Waals surface area (Å²) in [6, 6.07) is 7.73. The van der Waals surface area contributed by atoms with Crippen LogP contribution in [0.2, 0.25) is 0 Å². The summed E-state index contributed by atoms with van der Waals surface area (Å²) in [5, 5.41) is 4.81. The number of carbonyl (C=O) groups excluding carboxylic acids is 1. The fourth-order valence-electron chi connectivity index (χ4n) is 2.35. The van der Waals surface area contributed by atoms with Crippen LogP contribution in [-0.4, -0.2) is 20.9 Å². The summed E-state index contributed by atoms with van der Waals surface area (Å²) >= 11 is 0. The normalized spacial score (nSPS) is 14.0. The number of anilines is 1. The Morgan fingerprint density at radius 3 is 2.73 bits per heavy atom. The number of rotatable bonds is 3. The Labute approximate surface area is 127 Å². The Kier molecular flexibility index (Phi) is 3.04. The van der Waals surface area contributed by atoms with E-state index < -0.39 is 0 Å². The first-order valence-electron chi connectivity index (χ1n) is 7.27. The van der Waals surface area contributed by atoms with E-state index in [-0.39, 0.29) is 11.8 Å². The molecule has 0 saturated heterocycles. The Morgan fingerprint density at radius 1 is 1.09 bits per heavy atom. The second kappa shape index (κ2) is 5.18. The summed E-state index contributed by atoms with van der Waals surface area (Å²) < 4.78 is 0.